The summed E-state index contributed by atoms with van der Waals surface area (Å²) in [6.45, 7) is 9.12. The second-order valence-electron chi connectivity index (χ2n) is 5.54. The summed E-state index contributed by atoms with van der Waals surface area (Å²) in [7, 11) is 0. The zero-order valence-corrected chi connectivity index (χ0v) is 14.3. The van der Waals surface area contributed by atoms with Crippen molar-refractivity contribution >= 4 is 0 Å². The number of aryl methyl sites for hydroxylation is 1. The van der Waals surface area contributed by atoms with Crippen LogP contribution >= 0.6 is 0 Å². The van der Waals surface area contributed by atoms with Crippen LogP contribution in [0, 0.1) is 0 Å². The van der Waals surface area contributed by atoms with Crippen LogP contribution in [-0.4, -0.2) is 23.0 Å². The van der Waals surface area contributed by atoms with Crippen molar-refractivity contribution < 1.29 is 4.74 Å². The van der Waals surface area contributed by atoms with E-state index in [9.17, 15) is 4.79 Å². The number of pyridine rings is 1. The smallest absolute Gasteiger partial charge is 0.228 e. The highest BCUT2D eigenvalue weighted by molar-refractivity contribution is 5.32. The van der Waals surface area contributed by atoms with Gasteiger partial charge in [-0.05, 0) is 25.1 Å². The van der Waals surface area contributed by atoms with Crippen molar-refractivity contribution in [3.8, 4) is 5.75 Å². The van der Waals surface area contributed by atoms with E-state index >= 15 is 0 Å². The molecule has 0 amide bonds. The zero-order valence-electron chi connectivity index (χ0n) is 14.3. The summed E-state index contributed by atoms with van der Waals surface area (Å²) in [6, 6.07) is 9.92. The number of benzene rings is 1. The van der Waals surface area contributed by atoms with Gasteiger partial charge in [-0.3, -0.25) is 9.69 Å². The maximum absolute atomic E-state index is 12.8. The van der Waals surface area contributed by atoms with Gasteiger partial charge < -0.3 is 9.72 Å². The Morgan fingerprint density at radius 3 is 2.39 bits per heavy atom. The van der Waals surface area contributed by atoms with Crippen molar-refractivity contribution in [3.63, 3.8) is 0 Å². The standard InChI is InChI=1S/C19H26N2O2/c1-4-17-19(23-14-15-10-8-7-9-11-15)18(22)16(12-20-17)13-21(5-2)6-3/h7-12H,4-6,13-14H2,1-3H3,(H,20,22). The molecule has 0 aliphatic heterocycles. The summed E-state index contributed by atoms with van der Waals surface area (Å²) in [4.78, 5) is 18.2. The van der Waals surface area contributed by atoms with Crippen LogP contribution in [0.15, 0.2) is 41.3 Å². The number of hydrogen-bond donors (Lipinski definition) is 1. The highest BCUT2D eigenvalue weighted by atomic mass is 16.5. The second kappa shape index (κ2) is 8.53. The molecule has 0 radical (unpaired) electrons. The number of H-pyrrole nitrogens is 1. The average molecular weight is 314 g/mol. The number of rotatable bonds is 8. The zero-order chi connectivity index (χ0) is 16.7. The lowest BCUT2D eigenvalue weighted by molar-refractivity contribution is 0.285. The summed E-state index contributed by atoms with van der Waals surface area (Å²) in [5, 5.41) is 0. The van der Waals surface area contributed by atoms with E-state index in [0.29, 0.717) is 18.9 Å². The molecule has 2 aromatic rings. The third kappa shape index (κ3) is 4.45. The molecule has 0 spiro atoms. The molecule has 1 heterocycles. The Morgan fingerprint density at radius 2 is 1.78 bits per heavy atom. The molecule has 0 aliphatic carbocycles. The maximum Gasteiger partial charge on any atom is 0.228 e. The first-order valence-electron chi connectivity index (χ1n) is 8.32. The Hall–Kier alpha value is -2.07. The minimum atomic E-state index is 0.00318. The van der Waals surface area contributed by atoms with E-state index in [2.05, 4.69) is 23.7 Å². The van der Waals surface area contributed by atoms with Crippen molar-refractivity contribution in [2.24, 2.45) is 0 Å². The van der Waals surface area contributed by atoms with Gasteiger partial charge in [-0.2, -0.15) is 0 Å². The van der Waals surface area contributed by atoms with Gasteiger partial charge in [0, 0.05) is 18.3 Å². The number of ether oxygens (including phenoxy) is 1. The van der Waals surface area contributed by atoms with Crippen molar-refractivity contribution in [2.75, 3.05) is 13.1 Å². The third-order valence-electron chi connectivity index (χ3n) is 4.06. The van der Waals surface area contributed by atoms with Crippen molar-refractivity contribution in [3.05, 3.63) is 63.6 Å². The Bertz CT molecular complexity index is 661. The Morgan fingerprint density at radius 1 is 1.09 bits per heavy atom. The van der Waals surface area contributed by atoms with Gasteiger partial charge in [0.25, 0.3) is 0 Å². The lowest BCUT2D eigenvalue weighted by Gasteiger charge is -2.18. The van der Waals surface area contributed by atoms with Gasteiger partial charge in [0.05, 0.1) is 5.69 Å². The summed E-state index contributed by atoms with van der Waals surface area (Å²) >= 11 is 0. The number of hydrogen-bond acceptors (Lipinski definition) is 3. The molecule has 2 rings (SSSR count). The Kier molecular flexibility index (Phi) is 6.41. The van der Waals surface area contributed by atoms with Gasteiger partial charge in [0.2, 0.25) is 5.43 Å². The van der Waals surface area contributed by atoms with E-state index in [1.54, 1.807) is 0 Å². The normalized spacial score (nSPS) is 11.0. The van der Waals surface area contributed by atoms with E-state index in [4.69, 9.17) is 4.74 Å². The fraction of sp³-hybridized carbons (Fsp3) is 0.421. The monoisotopic (exact) mass is 314 g/mol. The molecule has 0 saturated heterocycles. The molecule has 0 aliphatic rings. The highest BCUT2D eigenvalue weighted by Crippen LogP contribution is 2.15. The summed E-state index contributed by atoms with van der Waals surface area (Å²) < 4.78 is 5.87. The van der Waals surface area contributed by atoms with Crippen LogP contribution in [0.25, 0.3) is 0 Å². The largest absolute Gasteiger partial charge is 0.483 e. The fourth-order valence-corrected chi connectivity index (χ4v) is 2.54. The molecule has 23 heavy (non-hydrogen) atoms. The molecule has 1 aromatic heterocycles. The molecule has 1 N–H and O–H groups in total. The van der Waals surface area contributed by atoms with Crippen LogP contribution < -0.4 is 10.2 Å². The van der Waals surface area contributed by atoms with E-state index in [0.717, 1.165) is 36.3 Å². The fourth-order valence-electron chi connectivity index (χ4n) is 2.54. The van der Waals surface area contributed by atoms with Gasteiger partial charge in [-0.25, -0.2) is 0 Å². The van der Waals surface area contributed by atoms with Gasteiger partial charge in [0.15, 0.2) is 5.75 Å². The molecule has 0 unspecified atom stereocenters. The molecular formula is C19H26N2O2. The van der Waals surface area contributed by atoms with Gasteiger partial charge in [-0.1, -0.05) is 51.1 Å². The van der Waals surface area contributed by atoms with E-state index in [-0.39, 0.29) is 5.43 Å². The van der Waals surface area contributed by atoms with Crippen molar-refractivity contribution in [1.82, 2.24) is 9.88 Å². The number of aromatic nitrogens is 1. The summed E-state index contributed by atoms with van der Waals surface area (Å²) in [6.07, 6.45) is 2.57. The molecule has 4 heteroatoms. The summed E-state index contributed by atoms with van der Waals surface area (Å²) in [5.74, 6) is 0.459. The van der Waals surface area contributed by atoms with Crippen molar-refractivity contribution in [1.29, 1.82) is 0 Å². The third-order valence-corrected chi connectivity index (χ3v) is 4.06. The minimum absolute atomic E-state index is 0.00318. The molecule has 0 fully saturated rings. The van der Waals surface area contributed by atoms with Gasteiger partial charge in [0.1, 0.15) is 6.61 Å². The molecule has 1 aromatic carbocycles. The molecule has 0 saturated carbocycles. The van der Waals surface area contributed by atoms with Crippen LogP contribution in [0.2, 0.25) is 0 Å². The topological polar surface area (TPSA) is 45.3 Å². The molecule has 0 bridgehead atoms. The minimum Gasteiger partial charge on any atom is -0.483 e. The highest BCUT2D eigenvalue weighted by Gasteiger charge is 2.14. The Labute approximate surface area is 138 Å². The van der Waals surface area contributed by atoms with Crippen LogP contribution in [0.1, 0.15) is 37.6 Å². The number of aromatic amines is 1. The van der Waals surface area contributed by atoms with E-state index in [1.165, 1.54) is 0 Å². The molecular weight excluding hydrogens is 288 g/mol. The van der Waals surface area contributed by atoms with Gasteiger partial charge >= 0.3 is 0 Å². The van der Waals surface area contributed by atoms with Gasteiger partial charge in [-0.15, -0.1) is 0 Å². The lowest BCUT2D eigenvalue weighted by Crippen LogP contribution is -2.27. The molecule has 124 valence electrons. The van der Waals surface area contributed by atoms with Crippen molar-refractivity contribution in [2.45, 2.75) is 40.3 Å². The average Bonchev–Trinajstić information content (AvgIpc) is 2.60. The first kappa shape index (κ1) is 17.3. The Balaban J connectivity index is 2.24. The first-order chi connectivity index (χ1) is 11.2. The van der Waals surface area contributed by atoms with Crippen LogP contribution in [0.5, 0.6) is 5.75 Å². The second-order valence-corrected chi connectivity index (χ2v) is 5.54. The molecule has 0 atom stereocenters. The number of nitrogens with one attached hydrogen (secondary N) is 1. The molecule has 4 nitrogen and oxygen atoms in total. The lowest BCUT2D eigenvalue weighted by atomic mass is 10.2. The van der Waals surface area contributed by atoms with Crippen LogP contribution in [0.4, 0.5) is 0 Å². The van der Waals surface area contributed by atoms with E-state index in [1.807, 2.05) is 43.5 Å². The predicted octanol–water partition coefficient (Wildman–Crippen LogP) is 3.36. The maximum atomic E-state index is 12.8. The van der Waals surface area contributed by atoms with Crippen LogP contribution in [0.3, 0.4) is 0 Å². The SMILES string of the molecule is CCc1[nH]cc(CN(CC)CC)c(=O)c1OCc1ccccc1. The summed E-state index contributed by atoms with van der Waals surface area (Å²) in [5.41, 5.74) is 2.68. The number of nitrogens with zero attached hydrogens (tertiary/aromatic N) is 1. The van der Waals surface area contributed by atoms with Crippen LogP contribution in [-0.2, 0) is 19.6 Å². The van der Waals surface area contributed by atoms with E-state index < -0.39 is 0 Å². The first-order valence-corrected chi connectivity index (χ1v) is 8.32. The predicted molar refractivity (Wildman–Crippen MR) is 93.8 cm³/mol. The quantitative estimate of drug-likeness (QED) is 0.812.